The first kappa shape index (κ1) is 53.4. The molecule has 0 heterocycles. The number of unbranched alkanes of at least 4 members (excludes halogenated alkanes) is 34. The Bertz CT molecular complexity index is 813. The molecule has 0 aliphatic heterocycles. The fraction of sp³-hybridized carbons (Fsp3) is 0.939. The summed E-state index contributed by atoms with van der Waals surface area (Å²) in [6.07, 6.45) is 46.9. The molecular formula is C49H94O6. The number of ether oxygens (including phenoxy) is 3. The quantitative estimate of drug-likeness (QED) is 0.0348. The third kappa shape index (κ3) is 43.4. The number of hydrogen-bond donors (Lipinski definition) is 0. The summed E-state index contributed by atoms with van der Waals surface area (Å²) < 4.78 is 16.6. The van der Waals surface area contributed by atoms with Crippen molar-refractivity contribution in [3.63, 3.8) is 0 Å². The van der Waals surface area contributed by atoms with Crippen LogP contribution in [0.3, 0.4) is 0 Å². The zero-order valence-electron chi connectivity index (χ0n) is 37.2. The van der Waals surface area contributed by atoms with Gasteiger partial charge in [-0.3, -0.25) is 14.4 Å². The van der Waals surface area contributed by atoms with Crippen molar-refractivity contribution in [1.29, 1.82) is 0 Å². The van der Waals surface area contributed by atoms with Gasteiger partial charge in [-0.15, -0.1) is 0 Å². The van der Waals surface area contributed by atoms with Gasteiger partial charge >= 0.3 is 17.9 Å². The lowest BCUT2D eigenvalue weighted by atomic mass is 10.0. The van der Waals surface area contributed by atoms with Crippen LogP contribution in [0.15, 0.2) is 0 Å². The predicted octanol–water partition coefficient (Wildman–Crippen LogP) is 15.6. The SMILES string of the molecule is CCCCCCCCCCCCCCCCCCCCC(=O)OCC(COC(=O)CCCCCCC)OC(=O)CCCCCCCCCCCCCCCC. The molecule has 6 nitrogen and oxygen atoms in total. The summed E-state index contributed by atoms with van der Waals surface area (Å²) in [6.45, 7) is 6.59. The molecule has 0 rings (SSSR count). The van der Waals surface area contributed by atoms with E-state index < -0.39 is 6.10 Å². The maximum Gasteiger partial charge on any atom is 0.306 e. The number of rotatable bonds is 45. The molecule has 0 fully saturated rings. The summed E-state index contributed by atoms with van der Waals surface area (Å²) in [4.78, 5) is 37.5. The van der Waals surface area contributed by atoms with Crippen molar-refractivity contribution >= 4 is 17.9 Å². The molecule has 0 aliphatic carbocycles. The average Bonchev–Trinajstić information content (AvgIpc) is 3.18. The van der Waals surface area contributed by atoms with Gasteiger partial charge in [0.15, 0.2) is 6.10 Å². The Kier molecular flexibility index (Phi) is 43.8. The Labute approximate surface area is 342 Å². The van der Waals surface area contributed by atoms with Crippen LogP contribution >= 0.6 is 0 Å². The Hall–Kier alpha value is -1.59. The van der Waals surface area contributed by atoms with E-state index in [9.17, 15) is 14.4 Å². The van der Waals surface area contributed by atoms with E-state index >= 15 is 0 Å². The van der Waals surface area contributed by atoms with Crippen LogP contribution in [0.25, 0.3) is 0 Å². The number of carbonyl (C=O) groups is 3. The first-order valence-corrected chi connectivity index (χ1v) is 24.5. The molecule has 0 saturated heterocycles. The Balaban J connectivity index is 4.11. The highest BCUT2D eigenvalue weighted by Crippen LogP contribution is 2.16. The second-order valence-electron chi connectivity index (χ2n) is 16.7. The molecule has 1 unspecified atom stereocenters. The van der Waals surface area contributed by atoms with Crippen molar-refractivity contribution in [2.24, 2.45) is 0 Å². The van der Waals surface area contributed by atoms with Gasteiger partial charge in [0.05, 0.1) is 0 Å². The minimum atomic E-state index is -0.757. The molecule has 6 heteroatoms. The summed E-state index contributed by atoms with van der Waals surface area (Å²) in [5.74, 6) is -0.861. The molecule has 0 aliphatic rings. The molecule has 326 valence electrons. The van der Waals surface area contributed by atoms with Crippen molar-refractivity contribution in [2.75, 3.05) is 13.2 Å². The van der Waals surface area contributed by atoms with Gasteiger partial charge in [0.2, 0.25) is 0 Å². The van der Waals surface area contributed by atoms with Gasteiger partial charge in [0, 0.05) is 19.3 Å². The number of hydrogen-bond acceptors (Lipinski definition) is 6. The first-order chi connectivity index (χ1) is 27.0. The lowest BCUT2D eigenvalue weighted by molar-refractivity contribution is -0.167. The first-order valence-electron chi connectivity index (χ1n) is 24.5. The van der Waals surface area contributed by atoms with E-state index in [4.69, 9.17) is 14.2 Å². The van der Waals surface area contributed by atoms with E-state index in [1.54, 1.807) is 0 Å². The maximum absolute atomic E-state index is 12.7. The highest BCUT2D eigenvalue weighted by molar-refractivity contribution is 5.71. The van der Waals surface area contributed by atoms with E-state index in [1.807, 2.05) is 0 Å². The van der Waals surface area contributed by atoms with E-state index in [2.05, 4.69) is 20.8 Å². The van der Waals surface area contributed by atoms with E-state index in [0.717, 1.165) is 64.2 Å². The lowest BCUT2D eigenvalue weighted by Gasteiger charge is -2.18. The monoisotopic (exact) mass is 779 g/mol. The standard InChI is InChI=1S/C49H94O6/c1-4-7-10-13-15-17-19-21-23-24-25-26-28-29-31-33-36-39-42-48(51)54-45-46(44-53-47(50)41-38-35-12-9-6-3)55-49(52)43-40-37-34-32-30-27-22-20-18-16-14-11-8-5-2/h46H,4-45H2,1-3H3. The van der Waals surface area contributed by atoms with Gasteiger partial charge < -0.3 is 14.2 Å². The van der Waals surface area contributed by atoms with Crippen molar-refractivity contribution in [3.8, 4) is 0 Å². The third-order valence-corrected chi connectivity index (χ3v) is 11.1. The Morgan fingerprint density at radius 1 is 0.291 bits per heavy atom. The smallest absolute Gasteiger partial charge is 0.306 e. The number of carbonyl (C=O) groups excluding carboxylic acids is 3. The molecule has 0 aromatic carbocycles. The van der Waals surface area contributed by atoms with Gasteiger partial charge in [-0.1, -0.05) is 239 Å². The van der Waals surface area contributed by atoms with Crippen LogP contribution in [0, 0.1) is 0 Å². The Morgan fingerprint density at radius 3 is 0.727 bits per heavy atom. The summed E-state index contributed by atoms with van der Waals surface area (Å²) in [5.41, 5.74) is 0. The van der Waals surface area contributed by atoms with Crippen LogP contribution in [-0.4, -0.2) is 37.2 Å². The van der Waals surface area contributed by atoms with E-state index in [-0.39, 0.29) is 31.1 Å². The third-order valence-electron chi connectivity index (χ3n) is 11.1. The van der Waals surface area contributed by atoms with Gasteiger partial charge in [-0.2, -0.15) is 0 Å². The maximum atomic E-state index is 12.7. The average molecular weight is 779 g/mol. The molecule has 0 aromatic rings. The predicted molar refractivity (Wildman–Crippen MR) is 233 cm³/mol. The molecule has 1 atom stereocenters. The molecular weight excluding hydrogens is 685 g/mol. The highest BCUT2D eigenvalue weighted by atomic mass is 16.6. The van der Waals surface area contributed by atoms with Gasteiger partial charge in [-0.25, -0.2) is 0 Å². The van der Waals surface area contributed by atoms with Crippen LogP contribution < -0.4 is 0 Å². The van der Waals surface area contributed by atoms with Crippen LogP contribution in [0.5, 0.6) is 0 Å². The van der Waals surface area contributed by atoms with Crippen molar-refractivity contribution in [2.45, 2.75) is 284 Å². The summed E-state index contributed by atoms with van der Waals surface area (Å²) in [5, 5.41) is 0. The van der Waals surface area contributed by atoms with Crippen LogP contribution in [0.4, 0.5) is 0 Å². The molecule has 0 radical (unpaired) electrons. The Morgan fingerprint density at radius 2 is 0.491 bits per heavy atom. The zero-order chi connectivity index (χ0) is 40.1. The molecule has 0 N–H and O–H groups in total. The molecule has 0 bridgehead atoms. The molecule has 0 spiro atoms. The molecule has 55 heavy (non-hydrogen) atoms. The molecule has 0 aromatic heterocycles. The minimum Gasteiger partial charge on any atom is -0.462 e. The van der Waals surface area contributed by atoms with Crippen LogP contribution in [0.1, 0.15) is 278 Å². The van der Waals surface area contributed by atoms with Crippen LogP contribution in [0.2, 0.25) is 0 Å². The fourth-order valence-corrected chi connectivity index (χ4v) is 7.38. The second kappa shape index (κ2) is 45.1. The van der Waals surface area contributed by atoms with Gasteiger partial charge in [0.1, 0.15) is 13.2 Å². The van der Waals surface area contributed by atoms with Gasteiger partial charge in [-0.05, 0) is 19.3 Å². The zero-order valence-corrected chi connectivity index (χ0v) is 37.2. The topological polar surface area (TPSA) is 78.9 Å². The van der Waals surface area contributed by atoms with Crippen molar-refractivity contribution < 1.29 is 28.6 Å². The molecule has 0 amide bonds. The summed E-state index contributed by atoms with van der Waals surface area (Å²) in [6, 6.07) is 0. The summed E-state index contributed by atoms with van der Waals surface area (Å²) >= 11 is 0. The normalized spacial score (nSPS) is 11.8. The highest BCUT2D eigenvalue weighted by Gasteiger charge is 2.19. The number of esters is 3. The van der Waals surface area contributed by atoms with E-state index in [0.29, 0.717) is 19.3 Å². The minimum absolute atomic E-state index is 0.0634. The summed E-state index contributed by atoms with van der Waals surface area (Å²) in [7, 11) is 0. The van der Waals surface area contributed by atoms with Gasteiger partial charge in [0.25, 0.3) is 0 Å². The van der Waals surface area contributed by atoms with Crippen molar-refractivity contribution in [1.82, 2.24) is 0 Å². The van der Waals surface area contributed by atoms with Crippen LogP contribution in [-0.2, 0) is 28.6 Å². The lowest BCUT2D eigenvalue weighted by Crippen LogP contribution is -2.30. The molecule has 0 saturated carbocycles. The largest absolute Gasteiger partial charge is 0.462 e. The van der Waals surface area contributed by atoms with Crippen molar-refractivity contribution in [3.05, 3.63) is 0 Å². The fourth-order valence-electron chi connectivity index (χ4n) is 7.38. The van der Waals surface area contributed by atoms with E-state index in [1.165, 1.54) is 173 Å². The second-order valence-corrected chi connectivity index (χ2v) is 16.7.